The van der Waals surface area contributed by atoms with Crippen LogP contribution >= 0.6 is 0 Å². The van der Waals surface area contributed by atoms with E-state index in [4.69, 9.17) is 14.6 Å². The van der Waals surface area contributed by atoms with Crippen molar-refractivity contribution >= 4 is 0 Å². The topological polar surface area (TPSA) is 38.7 Å². The van der Waals surface area contributed by atoms with Gasteiger partial charge in [0.15, 0.2) is 5.79 Å². The summed E-state index contributed by atoms with van der Waals surface area (Å²) in [6.45, 7) is 0.651. The number of rotatable bonds is 1. The molecular formula is C9H16O3. The van der Waals surface area contributed by atoms with E-state index in [1.807, 2.05) is 0 Å². The lowest BCUT2D eigenvalue weighted by Gasteiger charge is -2.31. The molecule has 1 saturated carbocycles. The average Bonchev–Trinajstić information content (AvgIpc) is 2.50. The number of aliphatic hydroxyl groups is 1. The smallest absolute Gasteiger partial charge is 0.169 e. The van der Waals surface area contributed by atoms with Crippen molar-refractivity contribution in [2.24, 2.45) is 0 Å². The standard InChI is InChI=1S/C9H16O3/c10-6-8-7-11-9(12-8)4-2-1-3-5-9/h8,10H,1-7H2/t8-/m1/s1. The van der Waals surface area contributed by atoms with Crippen LogP contribution in [0.4, 0.5) is 0 Å². The van der Waals surface area contributed by atoms with Crippen LogP contribution in [0, 0.1) is 0 Å². The van der Waals surface area contributed by atoms with E-state index in [0.717, 1.165) is 12.8 Å². The molecule has 0 amide bonds. The van der Waals surface area contributed by atoms with Crippen molar-refractivity contribution in [1.82, 2.24) is 0 Å². The van der Waals surface area contributed by atoms with Crippen molar-refractivity contribution in [3.8, 4) is 0 Å². The summed E-state index contributed by atoms with van der Waals surface area (Å²) in [6, 6.07) is 0. The van der Waals surface area contributed by atoms with Gasteiger partial charge in [-0.2, -0.15) is 0 Å². The molecule has 0 unspecified atom stereocenters. The molecule has 0 aromatic carbocycles. The molecule has 12 heavy (non-hydrogen) atoms. The lowest BCUT2D eigenvalue weighted by atomic mass is 9.94. The highest BCUT2D eigenvalue weighted by atomic mass is 16.7. The Morgan fingerprint density at radius 2 is 2.00 bits per heavy atom. The third-order valence-electron chi connectivity index (χ3n) is 2.73. The lowest BCUT2D eigenvalue weighted by molar-refractivity contribution is -0.189. The Bertz CT molecular complexity index is 152. The summed E-state index contributed by atoms with van der Waals surface area (Å²) in [5.41, 5.74) is 0. The number of aliphatic hydroxyl groups excluding tert-OH is 1. The van der Waals surface area contributed by atoms with E-state index >= 15 is 0 Å². The maximum atomic E-state index is 8.88. The SMILES string of the molecule is OC[C@@H]1COC2(CCCCC2)O1. The molecule has 1 saturated heterocycles. The first kappa shape index (κ1) is 8.48. The fraction of sp³-hybridized carbons (Fsp3) is 1.00. The maximum absolute atomic E-state index is 8.88. The Morgan fingerprint density at radius 3 is 2.58 bits per heavy atom. The molecule has 0 aromatic rings. The summed E-state index contributed by atoms with van der Waals surface area (Å²) in [7, 11) is 0. The second-order valence-corrected chi connectivity index (χ2v) is 3.70. The minimum atomic E-state index is -0.314. The number of ether oxygens (including phenoxy) is 2. The van der Waals surface area contributed by atoms with Crippen LogP contribution < -0.4 is 0 Å². The van der Waals surface area contributed by atoms with Gasteiger partial charge in [0, 0.05) is 12.8 Å². The van der Waals surface area contributed by atoms with Gasteiger partial charge in [-0.25, -0.2) is 0 Å². The van der Waals surface area contributed by atoms with E-state index in [-0.39, 0.29) is 18.5 Å². The highest BCUT2D eigenvalue weighted by molar-refractivity contribution is 4.81. The Labute approximate surface area is 72.7 Å². The summed E-state index contributed by atoms with van der Waals surface area (Å²) >= 11 is 0. The Hall–Kier alpha value is -0.120. The van der Waals surface area contributed by atoms with Gasteiger partial charge in [0.1, 0.15) is 6.10 Å². The van der Waals surface area contributed by atoms with Gasteiger partial charge in [-0.3, -0.25) is 0 Å². The van der Waals surface area contributed by atoms with Crippen molar-refractivity contribution in [3.05, 3.63) is 0 Å². The lowest BCUT2D eigenvalue weighted by Crippen LogP contribution is -2.33. The van der Waals surface area contributed by atoms with E-state index in [1.54, 1.807) is 0 Å². The third kappa shape index (κ3) is 1.49. The average molecular weight is 172 g/mol. The van der Waals surface area contributed by atoms with Gasteiger partial charge in [0.2, 0.25) is 0 Å². The van der Waals surface area contributed by atoms with Crippen LogP contribution in [-0.2, 0) is 9.47 Å². The van der Waals surface area contributed by atoms with Gasteiger partial charge in [-0.15, -0.1) is 0 Å². The fourth-order valence-electron chi connectivity index (χ4n) is 2.06. The molecule has 1 N–H and O–H groups in total. The van der Waals surface area contributed by atoms with Gasteiger partial charge in [-0.05, 0) is 12.8 Å². The molecule has 1 heterocycles. The van der Waals surface area contributed by atoms with Crippen molar-refractivity contribution in [2.75, 3.05) is 13.2 Å². The van der Waals surface area contributed by atoms with Crippen LogP contribution in [0.1, 0.15) is 32.1 Å². The molecule has 2 aliphatic rings. The van der Waals surface area contributed by atoms with Gasteiger partial charge in [-0.1, -0.05) is 6.42 Å². The molecule has 3 heteroatoms. The maximum Gasteiger partial charge on any atom is 0.169 e. The summed E-state index contributed by atoms with van der Waals surface area (Å²) in [5, 5.41) is 8.88. The van der Waals surface area contributed by atoms with Crippen LogP contribution in [0.5, 0.6) is 0 Å². The van der Waals surface area contributed by atoms with E-state index in [9.17, 15) is 0 Å². The molecule has 1 aliphatic heterocycles. The largest absolute Gasteiger partial charge is 0.394 e. The zero-order valence-electron chi connectivity index (χ0n) is 7.29. The van der Waals surface area contributed by atoms with Crippen LogP contribution in [0.25, 0.3) is 0 Å². The minimum Gasteiger partial charge on any atom is -0.394 e. The van der Waals surface area contributed by atoms with Crippen molar-refractivity contribution < 1.29 is 14.6 Å². The van der Waals surface area contributed by atoms with E-state index < -0.39 is 0 Å². The highest BCUT2D eigenvalue weighted by Crippen LogP contribution is 2.37. The van der Waals surface area contributed by atoms with Gasteiger partial charge in [0.05, 0.1) is 13.2 Å². The van der Waals surface area contributed by atoms with Crippen molar-refractivity contribution in [2.45, 2.75) is 44.0 Å². The third-order valence-corrected chi connectivity index (χ3v) is 2.73. The monoisotopic (exact) mass is 172 g/mol. The van der Waals surface area contributed by atoms with Gasteiger partial charge in [0.25, 0.3) is 0 Å². The van der Waals surface area contributed by atoms with Crippen LogP contribution in [-0.4, -0.2) is 30.2 Å². The predicted octanol–water partition coefficient (Wildman–Crippen LogP) is 1.05. The Kier molecular flexibility index (Phi) is 2.35. The Morgan fingerprint density at radius 1 is 1.25 bits per heavy atom. The van der Waals surface area contributed by atoms with Crippen molar-refractivity contribution in [3.63, 3.8) is 0 Å². The van der Waals surface area contributed by atoms with E-state index in [1.165, 1.54) is 19.3 Å². The first-order valence-corrected chi connectivity index (χ1v) is 4.77. The van der Waals surface area contributed by atoms with Crippen LogP contribution in [0.15, 0.2) is 0 Å². The van der Waals surface area contributed by atoms with E-state index in [2.05, 4.69) is 0 Å². The molecule has 1 aliphatic carbocycles. The van der Waals surface area contributed by atoms with Gasteiger partial charge < -0.3 is 14.6 Å². The second-order valence-electron chi connectivity index (χ2n) is 3.70. The zero-order chi connectivity index (χ0) is 8.44. The molecular weight excluding hydrogens is 156 g/mol. The first-order chi connectivity index (χ1) is 5.85. The molecule has 0 radical (unpaired) electrons. The van der Waals surface area contributed by atoms with Crippen molar-refractivity contribution in [1.29, 1.82) is 0 Å². The normalized spacial score (nSPS) is 34.2. The summed E-state index contributed by atoms with van der Waals surface area (Å²) in [4.78, 5) is 0. The molecule has 0 aromatic heterocycles. The first-order valence-electron chi connectivity index (χ1n) is 4.77. The molecule has 2 fully saturated rings. The molecule has 0 bridgehead atoms. The molecule has 70 valence electrons. The minimum absolute atomic E-state index is 0.0805. The fourth-order valence-corrected chi connectivity index (χ4v) is 2.06. The highest BCUT2D eigenvalue weighted by Gasteiger charge is 2.41. The zero-order valence-corrected chi connectivity index (χ0v) is 7.29. The molecule has 2 rings (SSSR count). The summed E-state index contributed by atoms with van der Waals surface area (Å²) < 4.78 is 11.3. The van der Waals surface area contributed by atoms with Gasteiger partial charge >= 0.3 is 0 Å². The molecule has 3 nitrogen and oxygen atoms in total. The second kappa shape index (κ2) is 3.32. The Balaban J connectivity index is 1.94. The van der Waals surface area contributed by atoms with E-state index in [0.29, 0.717) is 6.61 Å². The number of hydrogen-bond acceptors (Lipinski definition) is 3. The quantitative estimate of drug-likeness (QED) is 0.642. The number of hydrogen-bond donors (Lipinski definition) is 1. The predicted molar refractivity (Wildman–Crippen MR) is 43.7 cm³/mol. The van der Waals surface area contributed by atoms with Crippen LogP contribution in [0.3, 0.4) is 0 Å². The summed E-state index contributed by atoms with van der Waals surface area (Å²) in [6.07, 6.45) is 5.60. The molecule has 1 spiro atoms. The molecule has 1 atom stereocenters. The summed E-state index contributed by atoms with van der Waals surface area (Å²) in [5.74, 6) is -0.314. The van der Waals surface area contributed by atoms with Crippen LogP contribution in [0.2, 0.25) is 0 Å².